The van der Waals surface area contributed by atoms with Gasteiger partial charge in [0, 0.05) is 17.7 Å². The first-order valence-corrected chi connectivity index (χ1v) is 11.5. The lowest BCUT2D eigenvalue weighted by molar-refractivity contribution is -0.384. The van der Waals surface area contributed by atoms with Gasteiger partial charge in [-0.05, 0) is 63.5 Å². The molecular weight excluding hydrogens is 563 g/mol. The molecule has 11 heteroatoms. The zero-order valence-corrected chi connectivity index (χ0v) is 21.1. The monoisotopic (exact) mass is 576 g/mol. The number of hydrogen-bond donors (Lipinski definition) is 0. The first-order valence-electron chi connectivity index (χ1n) is 9.97. The number of aliphatic imine (C=N–C) groups is 1. The van der Waals surface area contributed by atoms with Crippen LogP contribution >= 0.6 is 39.1 Å². The molecule has 1 heterocycles. The molecule has 0 radical (unpaired) electrons. The van der Waals surface area contributed by atoms with Crippen molar-refractivity contribution in [2.75, 3.05) is 7.11 Å². The highest BCUT2D eigenvalue weighted by atomic mass is 79.9. The second kappa shape index (κ2) is 10.5. The summed E-state index contributed by atoms with van der Waals surface area (Å²) < 4.78 is 17.1. The van der Waals surface area contributed by atoms with Gasteiger partial charge >= 0.3 is 5.97 Å². The minimum Gasteiger partial charge on any atom is -0.493 e. The van der Waals surface area contributed by atoms with Gasteiger partial charge in [0.25, 0.3) is 5.69 Å². The predicted octanol–water partition coefficient (Wildman–Crippen LogP) is 6.60. The molecule has 0 amide bonds. The first kappa shape index (κ1) is 24.7. The lowest BCUT2D eigenvalue weighted by atomic mass is 10.1. The second-order valence-electron chi connectivity index (χ2n) is 7.21. The minimum atomic E-state index is -0.618. The van der Waals surface area contributed by atoms with Gasteiger partial charge in [-0.2, -0.15) is 0 Å². The van der Waals surface area contributed by atoms with Gasteiger partial charge in [0.05, 0.1) is 26.6 Å². The summed E-state index contributed by atoms with van der Waals surface area (Å²) in [7, 11) is 1.48. The molecule has 0 saturated heterocycles. The van der Waals surface area contributed by atoms with Gasteiger partial charge in [-0.15, -0.1) is 0 Å². The molecule has 3 aromatic carbocycles. The van der Waals surface area contributed by atoms with Crippen LogP contribution in [0.3, 0.4) is 0 Å². The summed E-state index contributed by atoms with van der Waals surface area (Å²) in [6, 6.07) is 14.3. The molecule has 3 aromatic rings. The number of halogens is 3. The zero-order chi connectivity index (χ0) is 25.1. The Morgan fingerprint density at radius 2 is 1.94 bits per heavy atom. The van der Waals surface area contributed by atoms with Crippen LogP contribution in [0.15, 0.2) is 69.8 Å². The third kappa shape index (κ3) is 5.64. The Morgan fingerprint density at radius 1 is 1.14 bits per heavy atom. The molecule has 8 nitrogen and oxygen atoms in total. The van der Waals surface area contributed by atoms with Crippen molar-refractivity contribution in [1.29, 1.82) is 0 Å². The maximum atomic E-state index is 12.4. The summed E-state index contributed by atoms with van der Waals surface area (Å²) in [5.74, 6) is 0.279. The van der Waals surface area contributed by atoms with Crippen LogP contribution in [0.1, 0.15) is 16.7 Å². The number of nitrogens with zero attached hydrogens (tertiary/aromatic N) is 2. The number of nitro benzene ring substituents is 1. The van der Waals surface area contributed by atoms with Crippen LogP contribution in [0, 0.1) is 10.1 Å². The average molecular weight is 578 g/mol. The summed E-state index contributed by atoms with van der Waals surface area (Å²) in [4.78, 5) is 27.2. The number of methoxy groups -OCH3 is 1. The molecule has 1 aliphatic rings. The molecular formula is C24H15BrCl2N2O6. The third-order valence-electron chi connectivity index (χ3n) is 4.85. The third-order valence-corrected chi connectivity index (χ3v) is 6.17. The SMILES string of the molecule is COc1cc(/C=C2\N=C(c3ccc(Cl)c(Cl)c3)OC2=O)cc(Br)c1OCc1cccc([N+](=O)[O-])c1. The van der Waals surface area contributed by atoms with Gasteiger partial charge in [0.1, 0.15) is 6.61 Å². The molecule has 35 heavy (non-hydrogen) atoms. The molecule has 0 spiro atoms. The van der Waals surface area contributed by atoms with Crippen molar-refractivity contribution in [3.63, 3.8) is 0 Å². The highest BCUT2D eigenvalue weighted by Gasteiger charge is 2.25. The zero-order valence-electron chi connectivity index (χ0n) is 18.0. The van der Waals surface area contributed by atoms with Crippen LogP contribution in [-0.2, 0) is 16.1 Å². The van der Waals surface area contributed by atoms with E-state index >= 15 is 0 Å². The number of benzene rings is 3. The van der Waals surface area contributed by atoms with E-state index in [-0.39, 0.29) is 23.9 Å². The number of hydrogen-bond acceptors (Lipinski definition) is 7. The predicted molar refractivity (Wildman–Crippen MR) is 135 cm³/mol. The number of rotatable bonds is 7. The van der Waals surface area contributed by atoms with E-state index in [1.54, 1.807) is 48.5 Å². The Bertz CT molecular complexity index is 1410. The van der Waals surface area contributed by atoms with E-state index in [1.165, 1.54) is 19.2 Å². The fraction of sp³-hybridized carbons (Fsp3) is 0.0833. The molecule has 1 aliphatic heterocycles. The van der Waals surface area contributed by atoms with Crippen LogP contribution in [-0.4, -0.2) is 23.9 Å². The van der Waals surface area contributed by atoms with Gasteiger partial charge in [0.2, 0.25) is 5.90 Å². The van der Waals surface area contributed by atoms with E-state index in [1.807, 2.05) is 0 Å². The maximum Gasteiger partial charge on any atom is 0.363 e. The van der Waals surface area contributed by atoms with Crippen molar-refractivity contribution < 1.29 is 23.9 Å². The molecule has 0 atom stereocenters. The van der Waals surface area contributed by atoms with E-state index in [0.717, 1.165) is 0 Å². The fourth-order valence-electron chi connectivity index (χ4n) is 3.20. The number of carbonyl (C=O) groups excluding carboxylic acids is 1. The lowest BCUT2D eigenvalue weighted by Gasteiger charge is -2.13. The summed E-state index contributed by atoms with van der Waals surface area (Å²) >= 11 is 15.4. The van der Waals surface area contributed by atoms with Crippen molar-refractivity contribution in [1.82, 2.24) is 0 Å². The summed E-state index contributed by atoms with van der Waals surface area (Å²) in [5, 5.41) is 11.7. The minimum absolute atomic E-state index is 0.0247. The Hall–Kier alpha value is -3.40. The van der Waals surface area contributed by atoms with Crippen molar-refractivity contribution in [2.24, 2.45) is 4.99 Å². The van der Waals surface area contributed by atoms with Gasteiger partial charge in [0.15, 0.2) is 17.2 Å². The number of carbonyl (C=O) groups is 1. The molecule has 0 N–H and O–H groups in total. The lowest BCUT2D eigenvalue weighted by Crippen LogP contribution is -2.05. The molecule has 0 unspecified atom stereocenters. The number of nitro groups is 1. The van der Waals surface area contributed by atoms with Crippen LogP contribution in [0.4, 0.5) is 5.69 Å². The highest BCUT2D eigenvalue weighted by Crippen LogP contribution is 2.38. The summed E-state index contributed by atoms with van der Waals surface area (Å²) in [5.41, 5.74) is 1.80. The molecule has 0 saturated carbocycles. The second-order valence-corrected chi connectivity index (χ2v) is 8.88. The van der Waals surface area contributed by atoms with Crippen molar-refractivity contribution in [3.05, 3.63) is 102 Å². The van der Waals surface area contributed by atoms with E-state index in [2.05, 4.69) is 20.9 Å². The van der Waals surface area contributed by atoms with Gasteiger partial charge < -0.3 is 14.2 Å². The number of non-ortho nitro benzene ring substituents is 1. The summed E-state index contributed by atoms with van der Waals surface area (Å²) in [6.45, 7) is 0.0840. The normalized spacial score (nSPS) is 14.0. The number of cyclic esters (lactones) is 1. The van der Waals surface area contributed by atoms with E-state index in [9.17, 15) is 14.9 Å². The van der Waals surface area contributed by atoms with Crippen LogP contribution in [0.2, 0.25) is 10.0 Å². The van der Waals surface area contributed by atoms with Crippen molar-refractivity contribution in [2.45, 2.75) is 6.61 Å². The smallest absolute Gasteiger partial charge is 0.363 e. The van der Waals surface area contributed by atoms with Crippen LogP contribution < -0.4 is 9.47 Å². The molecule has 0 fully saturated rings. The first-order chi connectivity index (χ1) is 16.7. The van der Waals surface area contributed by atoms with E-state index < -0.39 is 10.9 Å². The van der Waals surface area contributed by atoms with Crippen molar-refractivity contribution >= 4 is 62.8 Å². The van der Waals surface area contributed by atoms with Gasteiger partial charge in [-0.1, -0.05) is 35.3 Å². The highest BCUT2D eigenvalue weighted by molar-refractivity contribution is 9.10. The Labute approximate surface area is 218 Å². The Kier molecular flexibility index (Phi) is 7.39. The fourth-order valence-corrected chi connectivity index (χ4v) is 4.07. The molecule has 0 bridgehead atoms. The molecule has 178 valence electrons. The van der Waals surface area contributed by atoms with Crippen molar-refractivity contribution in [3.8, 4) is 11.5 Å². The average Bonchev–Trinajstić information content (AvgIpc) is 3.20. The van der Waals surface area contributed by atoms with Crippen LogP contribution in [0.5, 0.6) is 11.5 Å². The van der Waals surface area contributed by atoms with Gasteiger partial charge in [-0.25, -0.2) is 9.79 Å². The van der Waals surface area contributed by atoms with E-state index in [4.69, 9.17) is 37.4 Å². The standard InChI is InChI=1S/C24H15BrCl2N2O6/c1-33-21-10-14(8-17(25)22(21)34-12-13-3-2-4-16(7-13)29(31)32)9-20-24(30)35-23(28-20)15-5-6-18(26)19(27)11-15/h2-11H,12H2,1H3/b20-9-. The van der Waals surface area contributed by atoms with Crippen LogP contribution in [0.25, 0.3) is 6.08 Å². The molecule has 4 rings (SSSR count). The molecule has 0 aliphatic carbocycles. The topological polar surface area (TPSA) is 100 Å². The maximum absolute atomic E-state index is 12.4. The molecule has 0 aromatic heterocycles. The van der Waals surface area contributed by atoms with Gasteiger partial charge in [-0.3, -0.25) is 10.1 Å². The summed E-state index contributed by atoms with van der Waals surface area (Å²) in [6.07, 6.45) is 1.55. The largest absolute Gasteiger partial charge is 0.493 e. The Balaban J connectivity index is 1.58. The number of esters is 1. The van der Waals surface area contributed by atoms with E-state index in [0.29, 0.717) is 42.7 Å². The number of ether oxygens (including phenoxy) is 3. The quantitative estimate of drug-likeness (QED) is 0.136. The Morgan fingerprint density at radius 3 is 2.66 bits per heavy atom.